The van der Waals surface area contributed by atoms with E-state index in [9.17, 15) is 18.3 Å². The normalized spacial score (nSPS) is 15.4. The summed E-state index contributed by atoms with van der Waals surface area (Å²) >= 11 is 5.66. The molecule has 1 atom stereocenters. The molecule has 0 aliphatic rings. The van der Waals surface area contributed by atoms with Crippen molar-refractivity contribution in [2.24, 2.45) is 0 Å². The van der Waals surface area contributed by atoms with Crippen molar-refractivity contribution in [2.45, 2.75) is 11.8 Å². The van der Waals surface area contributed by atoms with Gasteiger partial charge in [0, 0.05) is 10.6 Å². The van der Waals surface area contributed by atoms with Crippen molar-refractivity contribution in [2.75, 3.05) is 0 Å². The molecule has 0 aliphatic carbocycles. The Balaban J connectivity index is 2.64. The summed E-state index contributed by atoms with van der Waals surface area (Å²) in [4.78, 5) is 0. The highest BCUT2D eigenvalue weighted by atomic mass is 35.5. The van der Waals surface area contributed by atoms with Gasteiger partial charge in [-0.1, -0.05) is 23.7 Å². The third-order valence-corrected chi connectivity index (χ3v) is 2.83. The van der Waals surface area contributed by atoms with Gasteiger partial charge in [-0.15, -0.1) is 0 Å². The number of benzene rings is 1. The van der Waals surface area contributed by atoms with E-state index in [2.05, 4.69) is 4.42 Å². The lowest BCUT2D eigenvalue weighted by molar-refractivity contribution is -0.248. The van der Waals surface area contributed by atoms with Gasteiger partial charge in [0.25, 0.3) is 0 Å². The molecule has 0 amide bonds. The summed E-state index contributed by atoms with van der Waals surface area (Å²) in [7, 11) is 0. The topological polar surface area (TPSA) is 33.4 Å². The van der Waals surface area contributed by atoms with Gasteiger partial charge in [-0.3, -0.25) is 0 Å². The Kier molecular flexibility index (Phi) is 3.12. The average molecular weight is 277 g/mol. The molecule has 2 rings (SSSR count). The lowest BCUT2D eigenvalue weighted by Crippen LogP contribution is -2.43. The number of hydrogen-bond donors (Lipinski definition) is 1. The van der Waals surface area contributed by atoms with Gasteiger partial charge >= 0.3 is 6.18 Å². The number of alkyl halides is 3. The Labute approximate surface area is 106 Å². The lowest BCUT2D eigenvalue weighted by Gasteiger charge is -2.30. The monoisotopic (exact) mass is 276 g/mol. The zero-order valence-corrected chi connectivity index (χ0v) is 9.66. The molecule has 1 unspecified atom stereocenters. The number of hydrogen-bond acceptors (Lipinski definition) is 2. The minimum atomic E-state index is -4.89. The molecule has 6 heteroatoms. The van der Waals surface area contributed by atoms with Crippen molar-refractivity contribution in [3.8, 4) is 0 Å². The highest BCUT2D eigenvalue weighted by molar-refractivity contribution is 6.30. The number of furan rings is 1. The average Bonchev–Trinajstić information content (AvgIpc) is 2.80. The molecule has 96 valence electrons. The van der Waals surface area contributed by atoms with Gasteiger partial charge in [0.15, 0.2) is 0 Å². The van der Waals surface area contributed by atoms with Gasteiger partial charge in [0.1, 0.15) is 0 Å². The maximum absolute atomic E-state index is 13.2. The van der Waals surface area contributed by atoms with Crippen molar-refractivity contribution in [1.82, 2.24) is 0 Å². The van der Waals surface area contributed by atoms with Crippen LogP contribution < -0.4 is 0 Å². The highest BCUT2D eigenvalue weighted by Gasteiger charge is 2.56. The van der Waals surface area contributed by atoms with Crippen LogP contribution in [0.5, 0.6) is 0 Å². The number of aliphatic hydroxyl groups is 1. The Morgan fingerprint density at radius 3 is 2.33 bits per heavy atom. The van der Waals surface area contributed by atoms with E-state index in [4.69, 9.17) is 11.6 Å². The first-order valence-corrected chi connectivity index (χ1v) is 5.31. The third-order valence-electron chi connectivity index (χ3n) is 2.59. The van der Waals surface area contributed by atoms with Crippen LogP contribution in [0.1, 0.15) is 11.1 Å². The molecular formula is C12H8ClF3O2. The van der Waals surface area contributed by atoms with Crippen molar-refractivity contribution >= 4 is 11.6 Å². The zero-order valence-electron chi connectivity index (χ0n) is 8.91. The van der Waals surface area contributed by atoms with Gasteiger partial charge in [-0.25, -0.2) is 0 Å². The molecule has 0 bridgehead atoms. The molecule has 1 aromatic heterocycles. The molecule has 1 aromatic carbocycles. The minimum Gasteiger partial charge on any atom is -0.472 e. The van der Waals surface area contributed by atoms with E-state index in [0.717, 1.165) is 30.7 Å². The van der Waals surface area contributed by atoms with Crippen molar-refractivity contribution in [3.05, 3.63) is 59.0 Å². The molecule has 0 radical (unpaired) electrons. The molecule has 1 N–H and O–H groups in total. The fourth-order valence-electron chi connectivity index (χ4n) is 1.68. The SMILES string of the molecule is OC(c1ccoc1)(c1cccc(Cl)c1)C(F)(F)F. The largest absolute Gasteiger partial charge is 0.472 e. The molecule has 0 spiro atoms. The summed E-state index contributed by atoms with van der Waals surface area (Å²) in [5, 5.41) is 10.2. The predicted octanol–water partition coefficient (Wildman–Crippen LogP) is 3.73. The second kappa shape index (κ2) is 4.33. The second-order valence-electron chi connectivity index (χ2n) is 3.73. The maximum atomic E-state index is 13.2. The summed E-state index contributed by atoms with van der Waals surface area (Å²) in [6.45, 7) is 0. The zero-order chi connectivity index (χ0) is 13.4. The first-order chi connectivity index (χ1) is 8.35. The van der Waals surface area contributed by atoms with Gasteiger partial charge in [0.05, 0.1) is 12.5 Å². The van der Waals surface area contributed by atoms with Crippen molar-refractivity contribution in [1.29, 1.82) is 0 Å². The van der Waals surface area contributed by atoms with Gasteiger partial charge in [0.2, 0.25) is 5.60 Å². The molecule has 0 fully saturated rings. The summed E-state index contributed by atoms with van der Waals surface area (Å²) in [6.07, 6.45) is -2.97. The van der Waals surface area contributed by atoms with E-state index in [-0.39, 0.29) is 10.6 Å². The molecule has 0 saturated heterocycles. The second-order valence-corrected chi connectivity index (χ2v) is 4.17. The molecule has 18 heavy (non-hydrogen) atoms. The molecule has 0 aliphatic heterocycles. The Bertz CT molecular complexity index is 537. The smallest absolute Gasteiger partial charge is 0.425 e. The highest BCUT2D eigenvalue weighted by Crippen LogP contribution is 2.44. The van der Waals surface area contributed by atoms with Crippen LogP contribution in [0, 0.1) is 0 Å². The summed E-state index contributed by atoms with van der Waals surface area (Å²) < 4.78 is 44.1. The molecule has 2 aromatic rings. The van der Waals surface area contributed by atoms with Gasteiger partial charge < -0.3 is 9.52 Å². The van der Waals surface area contributed by atoms with Crippen molar-refractivity contribution < 1.29 is 22.7 Å². The number of halogens is 4. The predicted molar refractivity (Wildman–Crippen MR) is 59.2 cm³/mol. The summed E-state index contributed by atoms with van der Waals surface area (Å²) in [6, 6.07) is 6.06. The molecule has 1 heterocycles. The van der Waals surface area contributed by atoms with E-state index in [1.54, 1.807) is 0 Å². The molecule has 0 saturated carbocycles. The standard InChI is InChI=1S/C12H8ClF3O2/c13-10-3-1-2-8(6-10)11(17,12(14,15)16)9-4-5-18-7-9/h1-7,17H. The Hall–Kier alpha value is -1.46. The summed E-state index contributed by atoms with van der Waals surface area (Å²) in [5.41, 5.74) is -3.88. The van der Waals surface area contributed by atoms with E-state index >= 15 is 0 Å². The fraction of sp³-hybridized carbons (Fsp3) is 0.167. The maximum Gasteiger partial charge on any atom is 0.425 e. The molecule has 2 nitrogen and oxygen atoms in total. The molecular weight excluding hydrogens is 269 g/mol. The van der Waals surface area contributed by atoms with Crippen LogP contribution in [0.25, 0.3) is 0 Å². The van der Waals surface area contributed by atoms with E-state index in [0.29, 0.717) is 0 Å². The number of rotatable bonds is 2. The first kappa shape index (κ1) is 13.0. The first-order valence-electron chi connectivity index (χ1n) is 4.93. The van der Waals surface area contributed by atoms with Gasteiger partial charge in [-0.2, -0.15) is 13.2 Å². The van der Waals surface area contributed by atoms with E-state index in [1.165, 1.54) is 12.1 Å². The van der Waals surface area contributed by atoms with Crippen LogP contribution in [-0.2, 0) is 5.60 Å². The minimum absolute atomic E-state index is 0.110. The van der Waals surface area contributed by atoms with Crippen LogP contribution in [0.2, 0.25) is 5.02 Å². The Morgan fingerprint density at radius 1 is 1.11 bits per heavy atom. The van der Waals surface area contributed by atoms with Crippen LogP contribution in [0.15, 0.2) is 47.3 Å². The fourth-order valence-corrected chi connectivity index (χ4v) is 1.87. The van der Waals surface area contributed by atoms with Crippen molar-refractivity contribution in [3.63, 3.8) is 0 Å². The van der Waals surface area contributed by atoms with Crippen LogP contribution in [-0.4, -0.2) is 11.3 Å². The van der Waals surface area contributed by atoms with Crippen LogP contribution in [0.4, 0.5) is 13.2 Å². The van der Waals surface area contributed by atoms with Crippen LogP contribution in [0.3, 0.4) is 0 Å². The lowest BCUT2D eigenvalue weighted by atomic mass is 9.87. The third kappa shape index (κ3) is 2.00. The van der Waals surface area contributed by atoms with Crippen LogP contribution >= 0.6 is 11.6 Å². The van der Waals surface area contributed by atoms with Gasteiger partial charge in [-0.05, 0) is 23.8 Å². The summed E-state index contributed by atoms with van der Waals surface area (Å²) in [5.74, 6) is 0. The Morgan fingerprint density at radius 2 is 1.83 bits per heavy atom. The van der Waals surface area contributed by atoms with E-state index in [1.807, 2.05) is 0 Å². The quantitative estimate of drug-likeness (QED) is 0.907. The van der Waals surface area contributed by atoms with E-state index < -0.39 is 17.3 Å².